The maximum atomic E-state index is 12.2. The highest BCUT2D eigenvalue weighted by atomic mass is 35.5. The van der Waals surface area contributed by atoms with Crippen molar-refractivity contribution in [3.05, 3.63) is 65.2 Å². The Kier molecular flexibility index (Phi) is 5.12. The molecule has 2 heterocycles. The van der Waals surface area contributed by atoms with Gasteiger partial charge >= 0.3 is 0 Å². The number of nitrogens with one attached hydrogen (secondary N) is 1. The first-order chi connectivity index (χ1) is 13.2. The van der Waals surface area contributed by atoms with Crippen LogP contribution < -0.4 is 10.2 Å². The highest BCUT2D eigenvalue weighted by molar-refractivity contribution is 6.32. The van der Waals surface area contributed by atoms with Crippen LogP contribution in [0.15, 0.2) is 59.0 Å². The second-order valence-electron chi connectivity index (χ2n) is 6.55. The molecular formula is C21H20ClN3O2. The van der Waals surface area contributed by atoms with E-state index in [-0.39, 0.29) is 11.9 Å². The van der Waals surface area contributed by atoms with E-state index in [1.165, 1.54) is 6.08 Å². The van der Waals surface area contributed by atoms with Gasteiger partial charge in [-0.1, -0.05) is 41.9 Å². The van der Waals surface area contributed by atoms with Crippen LogP contribution in [0.3, 0.4) is 0 Å². The van der Waals surface area contributed by atoms with E-state index >= 15 is 0 Å². The number of halogens is 1. The minimum Gasteiger partial charge on any atom is -0.423 e. The van der Waals surface area contributed by atoms with Gasteiger partial charge in [0.1, 0.15) is 5.52 Å². The normalized spacial score (nSPS) is 17.1. The predicted octanol–water partition coefficient (Wildman–Crippen LogP) is 4.28. The monoisotopic (exact) mass is 381 g/mol. The molecule has 0 aliphatic carbocycles. The standard InChI is InChI=1S/C21H20ClN3O2/c22-17-8-2-1-6-15(17)11-12-20(26)23-14-16-7-5-13-25(16)21-24-18-9-3-4-10-19(18)27-21/h1-4,6,8-12,16H,5,7,13-14H2,(H,23,26). The van der Waals surface area contributed by atoms with E-state index in [1.54, 1.807) is 12.1 Å². The maximum Gasteiger partial charge on any atom is 0.298 e. The number of hydrogen-bond donors (Lipinski definition) is 1. The van der Waals surface area contributed by atoms with E-state index in [4.69, 9.17) is 16.0 Å². The maximum absolute atomic E-state index is 12.2. The summed E-state index contributed by atoms with van der Waals surface area (Å²) in [4.78, 5) is 18.9. The zero-order valence-electron chi connectivity index (χ0n) is 14.8. The average Bonchev–Trinajstić information content (AvgIpc) is 3.31. The smallest absolute Gasteiger partial charge is 0.298 e. The second-order valence-corrected chi connectivity index (χ2v) is 6.96. The molecule has 0 saturated carbocycles. The van der Waals surface area contributed by atoms with Gasteiger partial charge in [-0.3, -0.25) is 4.79 Å². The van der Waals surface area contributed by atoms with Crippen LogP contribution in [-0.4, -0.2) is 30.0 Å². The number of fused-ring (bicyclic) bond motifs is 1. The summed E-state index contributed by atoms with van der Waals surface area (Å²) in [5.74, 6) is -0.140. The van der Waals surface area contributed by atoms with Gasteiger partial charge in [0.25, 0.3) is 6.01 Å². The minimum absolute atomic E-state index is 0.140. The largest absolute Gasteiger partial charge is 0.423 e. The SMILES string of the molecule is O=C(C=Cc1ccccc1Cl)NCC1CCCN1c1nc2ccccc2o1. The number of oxazole rings is 1. The Balaban J connectivity index is 1.38. The number of para-hydroxylation sites is 2. The summed E-state index contributed by atoms with van der Waals surface area (Å²) in [7, 11) is 0. The number of rotatable bonds is 5. The average molecular weight is 382 g/mol. The number of anilines is 1. The molecule has 5 nitrogen and oxygen atoms in total. The lowest BCUT2D eigenvalue weighted by atomic mass is 10.2. The van der Waals surface area contributed by atoms with Crippen molar-refractivity contribution in [3.63, 3.8) is 0 Å². The Labute approximate surface area is 162 Å². The lowest BCUT2D eigenvalue weighted by molar-refractivity contribution is -0.116. The van der Waals surface area contributed by atoms with E-state index in [9.17, 15) is 4.79 Å². The fourth-order valence-electron chi connectivity index (χ4n) is 3.34. The molecule has 1 saturated heterocycles. The molecule has 2 aromatic carbocycles. The minimum atomic E-state index is -0.140. The van der Waals surface area contributed by atoms with E-state index in [0.717, 1.165) is 36.0 Å². The van der Waals surface area contributed by atoms with Gasteiger partial charge in [-0.2, -0.15) is 4.98 Å². The van der Waals surface area contributed by atoms with Gasteiger partial charge in [0.15, 0.2) is 5.58 Å². The molecule has 6 heteroatoms. The number of hydrogen-bond acceptors (Lipinski definition) is 4. The molecule has 1 aromatic heterocycles. The molecule has 1 aliphatic heterocycles. The summed E-state index contributed by atoms with van der Waals surface area (Å²) >= 11 is 6.10. The Morgan fingerprint density at radius 2 is 2.07 bits per heavy atom. The quantitative estimate of drug-likeness (QED) is 0.670. The van der Waals surface area contributed by atoms with Crippen molar-refractivity contribution in [2.24, 2.45) is 0 Å². The third-order valence-corrected chi connectivity index (χ3v) is 5.08. The van der Waals surface area contributed by atoms with Crippen molar-refractivity contribution < 1.29 is 9.21 Å². The van der Waals surface area contributed by atoms with Crippen LogP contribution in [0.2, 0.25) is 5.02 Å². The molecule has 1 amide bonds. The van der Waals surface area contributed by atoms with E-state index in [2.05, 4.69) is 15.2 Å². The van der Waals surface area contributed by atoms with Crippen molar-refractivity contribution >= 4 is 40.7 Å². The van der Waals surface area contributed by atoms with E-state index in [0.29, 0.717) is 17.6 Å². The van der Waals surface area contributed by atoms with Gasteiger partial charge in [0.2, 0.25) is 5.91 Å². The van der Waals surface area contributed by atoms with Crippen molar-refractivity contribution in [2.75, 3.05) is 18.0 Å². The Hall–Kier alpha value is -2.79. The fraction of sp³-hybridized carbons (Fsp3) is 0.238. The highest BCUT2D eigenvalue weighted by Crippen LogP contribution is 2.28. The number of amides is 1. The van der Waals surface area contributed by atoms with Crippen molar-refractivity contribution in [3.8, 4) is 0 Å². The van der Waals surface area contributed by atoms with Crippen LogP contribution >= 0.6 is 11.6 Å². The molecule has 1 atom stereocenters. The van der Waals surface area contributed by atoms with Gasteiger partial charge in [-0.05, 0) is 42.7 Å². The van der Waals surface area contributed by atoms with Crippen LogP contribution in [0.1, 0.15) is 18.4 Å². The predicted molar refractivity (Wildman–Crippen MR) is 108 cm³/mol. The third kappa shape index (κ3) is 3.98. The number of carbonyl (C=O) groups is 1. The van der Waals surface area contributed by atoms with Gasteiger partial charge < -0.3 is 14.6 Å². The van der Waals surface area contributed by atoms with Gasteiger partial charge in [-0.15, -0.1) is 0 Å². The topological polar surface area (TPSA) is 58.4 Å². The molecule has 1 unspecified atom stereocenters. The van der Waals surface area contributed by atoms with Gasteiger partial charge in [0.05, 0.1) is 6.04 Å². The number of nitrogens with zero attached hydrogens (tertiary/aromatic N) is 2. The van der Waals surface area contributed by atoms with E-state index in [1.807, 2.05) is 42.5 Å². The highest BCUT2D eigenvalue weighted by Gasteiger charge is 2.28. The first kappa shape index (κ1) is 17.6. The molecule has 1 fully saturated rings. The molecule has 1 aliphatic rings. The number of aromatic nitrogens is 1. The Bertz CT molecular complexity index is 949. The van der Waals surface area contributed by atoms with Crippen molar-refractivity contribution in [2.45, 2.75) is 18.9 Å². The Morgan fingerprint density at radius 1 is 1.26 bits per heavy atom. The summed E-state index contributed by atoms with van der Waals surface area (Å²) in [5.41, 5.74) is 2.46. The molecule has 1 N–H and O–H groups in total. The summed E-state index contributed by atoms with van der Waals surface area (Å²) in [6, 6.07) is 16.0. The summed E-state index contributed by atoms with van der Waals surface area (Å²) in [6.07, 6.45) is 5.28. The summed E-state index contributed by atoms with van der Waals surface area (Å²) < 4.78 is 5.88. The molecule has 0 spiro atoms. The number of carbonyl (C=O) groups excluding carboxylic acids is 1. The molecule has 0 radical (unpaired) electrons. The first-order valence-electron chi connectivity index (χ1n) is 9.03. The summed E-state index contributed by atoms with van der Waals surface area (Å²) in [5, 5.41) is 3.59. The van der Waals surface area contributed by atoms with Crippen LogP contribution in [0.25, 0.3) is 17.2 Å². The fourth-order valence-corrected chi connectivity index (χ4v) is 3.53. The molecule has 138 valence electrons. The van der Waals surface area contributed by atoms with Crippen LogP contribution in [-0.2, 0) is 4.79 Å². The Morgan fingerprint density at radius 3 is 2.93 bits per heavy atom. The molecule has 3 aromatic rings. The van der Waals surface area contributed by atoms with Gasteiger partial charge in [0, 0.05) is 24.2 Å². The van der Waals surface area contributed by atoms with Crippen LogP contribution in [0.4, 0.5) is 6.01 Å². The van der Waals surface area contributed by atoms with Gasteiger partial charge in [-0.25, -0.2) is 0 Å². The van der Waals surface area contributed by atoms with Crippen LogP contribution in [0, 0.1) is 0 Å². The third-order valence-electron chi connectivity index (χ3n) is 4.74. The van der Waals surface area contributed by atoms with Crippen molar-refractivity contribution in [1.82, 2.24) is 10.3 Å². The van der Waals surface area contributed by atoms with E-state index < -0.39 is 0 Å². The number of benzene rings is 2. The molecule has 0 bridgehead atoms. The second kappa shape index (κ2) is 7.84. The summed E-state index contributed by atoms with van der Waals surface area (Å²) in [6.45, 7) is 1.42. The lowest BCUT2D eigenvalue weighted by Gasteiger charge is -2.22. The molecular weight excluding hydrogens is 362 g/mol. The zero-order valence-corrected chi connectivity index (χ0v) is 15.5. The van der Waals surface area contributed by atoms with Crippen molar-refractivity contribution in [1.29, 1.82) is 0 Å². The molecule has 27 heavy (non-hydrogen) atoms. The lowest BCUT2D eigenvalue weighted by Crippen LogP contribution is -2.39. The molecule has 4 rings (SSSR count). The first-order valence-corrected chi connectivity index (χ1v) is 9.41. The van der Waals surface area contributed by atoms with Crippen LogP contribution in [0.5, 0.6) is 0 Å². The zero-order chi connectivity index (χ0) is 18.6.